The van der Waals surface area contributed by atoms with Crippen molar-refractivity contribution in [2.75, 3.05) is 24.2 Å². The maximum Gasteiger partial charge on any atom is 0.244 e. The molecule has 35 heavy (non-hydrogen) atoms. The number of nitrogens with zero attached hydrogens (tertiary/aromatic N) is 2. The summed E-state index contributed by atoms with van der Waals surface area (Å²) in [4.78, 5) is 28.2. The third-order valence-electron chi connectivity index (χ3n) is 5.69. The van der Waals surface area contributed by atoms with Crippen molar-refractivity contribution in [3.8, 4) is 5.75 Å². The Morgan fingerprint density at radius 3 is 2.11 bits per heavy atom. The fourth-order valence-corrected chi connectivity index (χ4v) is 4.72. The van der Waals surface area contributed by atoms with E-state index in [-0.39, 0.29) is 18.5 Å². The molecule has 0 heterocycles. The predicted octanol–water partition coefficient (Wildman–Crippen LogP) is 3.79. The number of benzene rings is 2. The summed E-state index contributed by atoms with van der Waals surface area (Å²) in [6.07, 6.45) is 2.20. The zero-order valence-electron chi connectivity index (χ0n) is 20.8. The van der Waals surface area contributed by atoms with Gasteiger partial charge in [-0.3, -0.25) is 13.9 Å². The largest absolute Gasteiger partial charge is 0.497 e. The highest BCUT2D eigenvalue weighted by atomic mass is 127. The lowest BCUT2D eigenvalue weighted by atomic mass is 10.1. The van der Waals surface area contributed by atoms with Gasteiger partial charge in [0.25, 0.3) is 0 Å². The maximum atomic E-state index is 13.6. The number of sulfonamides is 1. The lowest BCUT2D eigenvalue weighted by Crippen LogP contribution is -2.53. The zero-order valence-corrected chi connectivity index (χ0v) is 23.8. The molecule has 2 aromatic rings. The second kappa shape index (κ2) is 13.1. The van der Waals surface area contributed by atoms with E-state index in [4.69, 9.17) is 4.74 Å². The van der Waals surface area contributed by atoms with Crippen LogP contribution >= 0.6 is 22.6 Å². The van der Waals surface area contributed by atoms with E-state index in [1.807, 2.05) is 32.9 Å². The smallest absolute Gasteiger partial charge is 0.244 e. The average Bonchev–Trinajstić information content (AvgIpc) is 2.82. The van der Waals surface area contributed by atoms with Gasteiger partial charge in [-0.15, -0.1) is 0 Å². The van der Waals surface area contributed by atoms with E-state index in [1.165, 1.54) is 4.90 Å². The predicted molar refractivity (Wildman–Crippen MR) is 147 cm³/mol. The highest BCUT2D eigenvalue weighted by molar-refractivity contribution is 14.1. The quantitative estimate of drug-likeness (QED) is 0.367. The summed E-state index contributed by atoms with van der Waals surface area (Å²) in [6.45, 7) is 5.45. The molecule has 1 N–H and O–H groups in total. The number of methoxy groups -OCH3 is 1. The summed E-state index contributed by atoms with van der Waals surface area (Å²) in [5.41, 5.74) is 1.19. The molecule has 0 aliphatic rings. The van der Waals surface area contributed by atoms with E-state index in [2.05, 4.69) is 27.9 Å². The Kier molecular flexibility index (Phi) is 10.8. The van der Waals surface area contributed by atoms with Crippen LogP contribution in [0.5, 0.6) is 5.75 Å². The number of carbonyl (C=O) groups excluding carboxylic acids is 2. The van der Waals surface area contributed by atoms with Crippen LogP contribution in [-0.2, 0) is 26.2 Å². The van der Waals surface area contributed by atoms with Gasteiger partial charge in [-0.25, -0.2) is 8.42 Å². The molecule has 0 saturated carbocycles. The van der Waals surface area contributed by atoms with Gasteiger partial charge in [-0.2, -0.15) is 0 Å². The van der Waals surface area contributed by atoms with E-state index in [0.29, 0.717) is 17.9 Å². The highest BCUT2D eigenvalue weighted by Crippen LogP contribution is 2.21. The van der Waals surface area contributed by atoms with Gasteiger partial charge in [-0.1, -0.05) is 26.0 Å². The number of amides is 2. The lowest BCUT2D eigenvalue weighted by Gasteiger charge is -2.33. The number of hydrogen-bond acceptors (Lipinski definition) is 5. The fourth-order valence-electron chi connectivity index (χ4n) is 3.51. The van der Waals surface area contributed by atoms with Crippen molar-refractivity contribution in [1.82, 2.24) is 10.2 Å². The van der Waals surface area contributed by atoms with Gasteiger partial charge in [-0.05, 0) is 84.3 Å². The lowest BCUT2D eigenvalue weighted by molar-refractivity contribution is -0.140. The molecule has 0 aliphatic carbocycles. The summed E-state index contributed by atoms with van der Waals surface area (Å²) in [5.74, 6) is -0.0463. The minimum atomic E-state index is -3.75. The number of halogens is 1. The first-order valence-corrected chi connectivity index (χ1v) is 14.4. The van der Waals surface area contributed by atoms with Crippen LogP contribution < -0.4 is 14.4 Å². The molecular weight excluding hydrogens is 581 g/mol. The van der Waals surface area contributed by atoms with Crippen molar-refractivity contribution < 1.29 is 22.7 Å². The maximum absolute atomic E-state index is 13.6. The van der Waals surface area contributed by atoms with E-state index in [1.54, 1.807) is 43.5 Å². The molecule has 0 fully saturated rings. The molecule has 2 aromatic carbocycles. The molecule has 0 radical (unpaired) electrons. The van der Waals surface area contributed by atoms with Crippen LogP contribution in [0.4, 0.5) is 5.69 Å². The van der Waals surface area contributed by atoms with E-state index < -0.39 is 28.5 Å². The molecule has 0 aromatic heterocycles. The Morgan fingerprint density at radius 1 is 1.03 bits per heavy atom. The fraction of sp³-hybridized carbons (Fsp3) is 0.440. The minimum Gasteiger partial charge on any atom is -0.497 e. The summed E-state index contributed by atoms with van der Waals surface area (Å²) in [7, 11) is -2.18. The van der Waals surface area contributed by atoms with E-state index in [9.17, 15) is 18.0 Å². The molecule has 192 valence electrons. The summed E-state index contributed by atoms with van der Waals surface area (Å²) in [5, 5.41) is 2.96. The standard InChI is InChI=1S/C25H34IN3O5S/c1-6-18(3)27-25(31)23(7-2)28(16-19-8-14-22(34-4)15-9-19)24(30)17-29(35(5,32)33)21-12-10-20(26)11-13-21/h8-15,18,23H,6-7,16-17H2,1-5H3,(H,27,31). The number of carbonyl (C=O) groups is 2. The van der Waals surface area contributed by atoms with Crippen molar-refractivity contribution in [2.45, 2.75) is 52.2 Å². The summed E-state index contributed by atoms with van der Waals surface area (Å²) >= 11 is 2.13. The van der Waals surface area contributed by atoms with Crippen molar-refractivity contribution in [2.24, 2.45) is 0 Å². The highest BCUT2D eigenvalue weighted by Gasteiger charge is 2.32. The van der Waals surface area contributed by atoms with Gasteiger partial charge in [0.1, 0.15) is 18.3 Å². The van der Waals surface area contributed by atoms with Gasteiger partial charge < -0.3 is 15.0 Å². The van der Waals surface area contributed by atoms with Crippen LogP contribution in [0.25, 0.3) is 0 Å². The summed E-state index contributed by atoms with van der Waals surface area (Å²) < 4.78 is 32.5. The number of ether oxygens (including phenoxy) is 1. The normalized spacial score (nSPS) is 13.0. The van der Waals surface area contributed by atoms with Gasteiger partial charge >= 0.3 is 0 Å². The molecule has 2 atom stereocenters. The first kappa shape index (κ1) is 28.9. The molecule has 0 aliphatic heterocycles. The molecule has 0 saturated heterocycles. The average molecular weight is 616 g/mol. The second-order valence-corrected chi connectivity index (χ2v) is 11.5. The molecule has 2 unspecified atom stereocenters. The Balaban J connectivity index is 2.42. The number of nitrogens with one attached hydrogen (secondary N) is 1. The Labute approximate surface area is 222 Å². The van der Waals surface area contributed by atoms with Crippen molar-refractivity contribution in [1.29, 1.82) is 0 Å². The summed E-state index contributed by atoms with van der Waals surface area (Å²) in [6, 6.07) is 13.3. The topological polar surface area (TPSA) is 96.0 Å². The molecule has 2 rings (SSSR count). The van der Waals surface area contributed by atoms with Crippen LogP contribution in [0.15, 0.2) is 48.5 Å². The first-order valence-electron chi connectivity index (χ1n) is 11.5. The number of anilines is 1. The third-order valence-corrected chi connectivity index (χ3v) is 7.55. The SMILES string of the molecule is CCC(C)NC(=O)C(CC)N(Cc1ccc(OC)cc1)C(=O)CN(c1ccc(I)cc1)S(C)(=O)=O. The van der Waals surface area contributed by atoms with Gasteiger partial charge in [0, 0.05) is 16.2 Å². The van der Waals surface area contributed by atoms with Crippen LogP contribution in [0.2, 0.25) is 0 Å². The number of hydrogen-bond donors (Lipinski definition) is 1. The van der Waals surface area contributed by atoms with Crippen molar-refractivity contribution >= 4 is 50.1 Å². The molecular formula is C25H34IN3O5S. The Bertz CT molecular complexity index is 1090. The van der Waals surface area contributed by atoms with Crippen LogP contribution in [-0.4, -0.2) is 57.1 Å². The Morgan fingerprint density at radius 2 is 1.63 bits per heavy atom. The first-order chi connectivity index (χ1) is 16.5. The monoisotopic (exact) mass is 615 g/mol. The van der Waals surface area contributed by atoms with Gasteiger partial charge in [0.2, 0.25) is 21.8 Å². The molecule has 10 heteroatoms. The van der Waals surface area contributed by atoms with Crippen LogP contribution in [0.3, 0.4) is 0 Å². The molecule has 8 nitrogen and oxygen atoms in total. The van der Waals surface area contributed by atoms with Crippen molar-refractivity contribution in [3.63, 3.8) is 0 Å². The van der Waals surface area contributed by atoms with Crippen LogP contribution in [0, 0.1) is 3.57 Å². The second-order valence-electron chi connectivity index (χ2n) is 8.36. The third kappa shape index (κ3) is 8.38. The molecule has 0 bridgehead atoms. The number of rotatable bonds is 12. The minimum absolute atomic E-state index is 0.0474. The molecule has 0 spiro atoms. The van der Waals surface area contributed by atoms with Gasteiger partial charge in [0.05, 0.1) is 19.1 Å². The van der Waals surface area contributed by atoms with Gasteiger partial charge in [0.15, 0.2) is 0 Å². The van der Waals surface area contributed by atoms with Crippen molar-refractivity contribution in [3.05, 3.63) is 57.7 Å². The molecule has 2 amide bonds. The van der Waals surface area contributed by atoms with Crippen LogP contribution in [0.1, 0.15) is 39.2 Å². The van der Waals surface area contributed by atoms with E-state index in [0.717, 1.165) is 26.1 Å². The Hall–Kier alpha value is -2.34. The zero-order chi connectivity index (χ0) is 26.2. The van der Waals surface area contributed by atoms with E-state index >= 15 is 0 Å².